The summed E-state index contributed by atoms with van der Waals surface area (Å²) >= 11 is 11.8. The van der Waals surface area contributed by atoms with Crippen LogP contribution in [0, 0.1) is 5.92 Å². The second kappa shape index (κ2) is 5.38. The molecule has 1 aliphatic carbocycles. The van der Waals surface area contributed by atoms with Crippen LogP contribution in [-0.2, 0) is 17.6 Å². The lowest BCUT2D eigenvalue weighted by molar-refractivity contribution is -0.119. The SMILES string of the molecule is O=C(Nc1c(Cl)ncnc1Cl)C1Cc2ccccc2C1. The number of aromatic nitrogens is 2. The highest BCUT2D eigenvalue weighted by molar-refractivity contribution is 6.38. The van der Waals surface area contributed by atoms with Gasteiger partial charge in [-0.05, 0) is 24.0 Å². The fraction of sp³-hybridized carbons (Fsp3) is 0.214. The molecule has 20 heavy (non-hydrogen) atoms. The summed E-state index contributed by atoms with van der Waals surface area (Å²) < 4.78 is 0. The number of hydrogen-bond donors (Lipinski definition) is 1. The van der Waals surface area contributed by atoms with E-state index in [1.54, 1.807) is 0 Å². The summed E-state index contributed by atoms with van der Waals surface area (Å²) in [5.41, 5.74) is 2.71. The summed E-state index contributed by atoms with van der Waals surface area (Å²) in [5.74, 6) is -0.223. The Hall–Kier alpha value is -1.65. The van der Waals surface area contributed by atoms with Gasteiger partial charge >= 0.3 is 0 Å². The molecule has 6 heteroatoms. The molecular formula is C14H11Cl2N3O. The van der Waals surface area contributed by atoms with Crippen molar-refractivity contribution in [2.24, 2.45) is 5.92 Å². The zero-order valence-corrected chi connectivity index (χ0v) is 11.9. The van der Waals surface area contributed by atoms with E-state index in [1.807, 2.05) is 24.3 Å². The Balaban J connectivity index is 1.76. The van der Waals surface area contributed by atoms with Crippen molar-refractivity contribution in [3.63, 3.8) is 0 Å². The van der Waals surface area contributed by atoms with Crippen LogP contribution in [-0.4, -0.2) is 15.9 Å². The molecule has 0 bridgehead atoms. The first kappa shape index (κ1) is 13.3. The second-order valence-electron chi connectivity index (χ2n) is 4.69. The maximum atomic E-state index is 12.3. The molecule has 102 valence electrons. The first-order valence-electron chi connectivity index (χ1n) is 6.19. The molecule has 1 heterocycles. The third-order valence-corrected chi connectivity index (χ3v) is 4.00. The Bertz CT molecular complexity index is 630. The Kier molecular flexibility index (Phi) is 3.59. The zero-order valence-electron chi connectivity index (χ0n) is 10.4. The van der Waals surface area contributed by atoms with Gasteiger partial charge in [0.25, 0.3) is 0 Å². The fourth-order valence-electron chi connectivity index (χ4n) is 2.42. The third-order valence-electron chi connectivity index (χ3n) is 3.42. The number of nitrogens with one attached hydrogen (secondary N) is 1. The molecule has 1 amide bonds. The van der Waals surface area contributed by atoms with Crippen molar-refractivity contribution in [2.45, 2.75) is 12.8 Å². The molecule has 1 aromatic carbocycles. The first-order valence-corrected chi connectivity index (χ1v) is 6.94. The van der Waals surface area contributed by atoms with Crippen LogP contribution in [0.4, 0.5) is 5.69 Å². The average molecular weight is 308 g/mol. The molecule has 1 aromatic heterocycles. The van der Waals surface area contributed by atoms with Crippen LogP contribution in [0.2, 0.25) is 10.3 Å². The van der Waals surface area contributed by atoms with E-state index in [2.05, 4.69) is 15.3 Å². The van der Waals surface area contributed by atoms with Gasteiger partial charge in [-0.1, -0.05) is 47.5 Å². The average Bonchev–Trinajstić information content (AvgIpc) is 2.87. The van der Waals surface area contributed by atoms with Crippen LogP contribution < -0.4 is 5.32 Å². The number of rotatable bonds is 2. The number of carbonyl (C=O) groups excluding carboxylic acids is 1. The van der Waals surface area contributed by atoms with Crippen molar-refractivity contribution in [3.05, 3.63) is 52.0 Å². The second-order valence-corrected chi connectivity index (χ2v) is 5.41. The number of amides is 1. The Morgan fingerprint density at radius 1 is 1.10 bits per heavy atom. The molecule has 0 spiro atoms. The predicted octanol–water partition coefficient (Wildman–Crippen LogP) is 3.14. The van der Waals surface area contributed by atoms with Crippen molar-refractivity contribution >= 4 is 34.8 Å². The summed E-state index contributed by atoms with van der Waals surface area (Å²) in [6.45, 7) is 0. The van der Waals surface area contributed by atoms with Gasteiger partial charge < -0.3 is 5.32 Å². The smallest absolute Gasteiger partial charge is 0.228 e. The molecule has 1 N–H and O–H groups in total. The summed E-state index contributed by atoms with van der Waals surface area (Å²) in [4.78, 5) is 19.9. The highest BCUT2D eigenvalue weighted by Gasteiger charge is 2.28. The van der Waals surface area contributed by atoms with E-state index in [0.29, 0.717) is 0 Å². The van der Waals surface area contributed by atoms with Crippen LogP contribution in [0.5, 0.6) is 0 Å². The fourth-order valence-corrected chi connectivity index (χ4v) is 2.83. The molecule has 0 saturated carbocycles. The number of anilines is 1. The first-order chi connectivity index (χ1) is 9.65. The van der Waals surface area contributed by atoms with Gasteiger partial charge in [-0.15, -0.1) is 0 Å². The van der Waals surface area contributed by atoms with E-state index >= 15 is 0 Å². The van der Waals surface area contributed by atoms with E-state index in [0.717, 1.165) is 12.8 Å². The molecule has 0 fully saturated rings. The zero-order chi connectivity index (χ0) is 14.1. The molecule has 2 aromatic rings. The molecule has 0 aliphatic heterocycles. The highest BCUT2D eigenvalue weighted by Crippen LogP contribution is 2.30. The van der Waals surface area contributed by atoms with E-state index in [1.165, 1.54) is 17.5 Å². The van der Waals surface area contributed by atoms with Crippen LogP contribution in [0.3, 0.4) is 0 Å². The van der Waals surface area contributed by atoms with Crippen molar-refractivity contribution in [3.8, 4) is 0 Å². The normalized spacial score (nSPS) is 14.1. The van der Waals surface area contributed by atoms with E-state index < -0.39 is 0 Å². The quantitative estimate of drug-likeness (QED) is 0.867. The molecule has 4 nitrogen and oxygen atoms in total. The van der Waals surface area contributed by atoms with Gasteiger partial charge in [0.05, 0.1) is 0 Å². The molecule has 3 rings (SSSR count). The van der Waals surface area contributed by atoms with Crippen molar-refractivity contribution in [1.29, 1.82) is 0 Å². The lowest BCUT2D eigenvalue weighted by atomic mass is 10.1. The highest BCUT2D eigenvalue weighted by atomic mass is 35.5. The lowest BCUT2D eigenvalue weighted by Crippen LogP contribution is -2.23. The van der Waals surface area contributed by atoms with E-state index in [4.69, 9.17) is 23.2 Å². The molecule has 1 aliphatic rings. The molecule has 0 unspecified atom stereocenters. The van der Waals surface area contributed by atoms with E-state index in [-0.39, 0.29) is 27.8 Å². The molecular weight excluding hydrogens is 297 g/mol. The summed E-state index contributed by atoms with van der Waals surface area (Å²) in [6.07, 6.45) is 2.71. The Labute approximate surface area is 126 Å². The number of benzene rings is 1. The summed E-state index contributed by atoms with van der Waals surface area (Å²) in [7, 11) is 0. The third kappa shape index (κ3) is 2.49. The molecule has 0 atom stereocenters. The Morgan fingerprint density at radius 3 is 2.20 bits per heavy atom. The number of carbonyl (C=O) groups is 1. The van der Waals surface area contributed by atoms with Gasteiger partial charge in [0.2, 0.25) is 5.91 Å². The molecule has 0 saturated heterocycles. The minimum atomic E-state index is -0.111. The van der Waals surface area contributed by atoms with E-state index in [9.17, 15) is 4.79 Å². The largest absolute Gasteiger partial charge is 0.321 e. The van der Waals surface area contributed by atoms with Gasteiger partial charge in [0.1, 0.15) is 12.0 Å². The topological polar surface area (TPSA) is 54.9 Å². The monoisotopic (exact) mass is 307 g/mol. The van der Waals surface area contributed by atoms with Crippen molar-refractivity contribution in [2.75, 3.05) is 5.32 Å². The predicted molar refractivity (Wildman–Crippen MR) is 78.0 cm³/mol. The van der Waals surface area contributed by atoms with Gasteiger partial charge in [-0.3, -0.25) is 4.79 Å². The van der Waals surface area contributed by atoms with Crippen LogP contribution in [0.1, 0.15) is 11.1 Å². The van der Waals surface area contributed by atoms with Crippen molar-refractivity contribution in [1.82, 2.24) is 9.97 Å². The molecule has 0 radical (unpaired) electrons. The van der Waals surface area contributed by atoms with Gasteiger partial charge in [0, 0.05) is 5.92 Å². The van der Waals surface area contributed by atoms with Gasteiger partial charge in [-0.2, -0.15) is 0 Å². The minimum Gasteiger partial charge on any atom is -0.321 e. The number of fused-ring (bicyclic) bond motifs is 1. The standard InChI is InChI=1S/C14H11Cl2N3O/c15-12-11(13(16)18-7-17-12)19-14(20)10-5-8-3-1-2-4-9(8)6-10/h1-4,7,10H,5-6H2,(H,19,20). The number of halogens is 2. The summed E-state index contributed by atoms with van der Waals surface area (Å²) in [5, 5.41) is 3.02. The number of nitrogens with zero attached hydrogens (tertiary/aromatic N) is 2. The van der Waals surface area contributed by atoms with Crippen LogP contribution in [0.25, 0.3) is 0 Å². The summed E-state index contributed by atoms with van der Waals surface area (Å²) in [6, 6.07) is 8.07. The minimum absolute atomic E-state index is 0.111. The lowest BCUT2D eigenvalue weighted by Gasteiger charge is -2.11. The van der Waals surface area contributed by atoms with Crippen LogP contribution >= 0.6 is 23.2 Å². The maximum absolute atomic E-state index is 12.3. The van der Waals surface area contributed by atoms with Gasteiger partial charge in [0.15, 0.2) is 10.3 Å². The maximum Gasteiger partial charge on any atom is 0.228 e. The number of hydrogen-bond acceptors (Lipinski definition) is 3. The Morgan fingerprint density at radius 2 is 1.65 bits per heavy atom. The van der Waals surface area contributed by atoms with Crippen molar-refractivity contribution < 1.29 is 4.79 Å². The van der Waals surface area contributed by atoms with Crippen LogP contribution in [0.15, 0.2) is 30.6 Å². The van der Waals surface area contributed by atoms with Gasteiger partial charge in [-0.25, -0.2) is 9.97 Å².